The van der Waals surface area contributed by atoms with Gasteiger partial charge in [0, 0.05) is 10.4 Å². The molecule has 2 aromatic carbocycles. The topological polar surface area (TPSA) is 55.2 Å². The van der Waals surface area contributed by atoms with E-state index in [4.69, 9.17) is 16.3 Å². The van der Waals surface area contributed by atoms with Crippen molar-refractivity contribution in [3.05, 3.63) is 65.1 Å². The second-order valence-corrected chi connectivity index (χ2v) is 5.62. The quantitative estimate of drug-likeness (QED) is 0.803. The largest absolute Gasteiger partial charge is 0.497 e. The third kappa shape index (κ3) is 2.51. The van der Waals surface area contributed by atoms with E-state index in [2.05, 4.69) is 9.97 Å². The number of nitrogens with zero attached hydrogens (tertiary/aromatic N) is 2. The zero-order valence-electron chi connectivity index (χ0n) is 12.2. The summed E-state index contributed by atoms with van der Waals surface area (Å²) in [6.45, 7) is 1.71. The van der Waals surface area contributed by atoms with Gasteiger partial charge in [-0.1, -0.05) is 23.7 Å². The number of halogens is 1. The highest BCUT2D eigenvalue weighted by Gasteiger charge is 2.29. The minimum absolute atomic E-state index is 0.541. The normalized spacial score (nSPS) is 13.8. The number of ether oxygens (including phenoxy) is 1. The summed E-state index contributed by atoms with van der Waals surface area (Å²) in [5, 5.41) is 12.4. The van der Waals surface area contributed by atoms with E-state index in [0.717, 1.165) is 16.7 Å². The van der Waals surface area contributed by atoms with Gasteiger partial charge in [0.25, 0.3) is 0 Å². The van der Waals surface area contributed by atoms with Gasteiger partial charge in [0.15, 0.2) is 0 Å². The third-order valence-electron chi connectivity index (χ3n) is 3.71. The lowest BCUT2D eigenvalue weighted by atomic mass is 9.90. The molecule has 0 amide bonds. The predicted octanol–water partition coefficient (Wildman–Crippen LogP) is 3.55. The molecule has 5 heteroatoms. The predicted molar refractivity (Wildman–Crippen MR) is 86.2 cm³/mol. The number of hydrogen-bond acceptors (Lipinski definition) is 4. The lowest BCUT2D eigenvalue weighted by molar-refractivity contribution is 0.0990. The van der Waals surface area contributed by atoms with Crippen LogP contribution < -0.4 is 4.74 Å². The smallest absolute Gasteiger partial charge is 0.129 e. The number of aliphatic hydroxyl groups is 1. The summed E-state index contributed by atoms with van der Waals surface area (Å²) in [7, 11) is 1.61. The van der Waals surface area contributed by atoms with Crippen molar-refractivity contribution in [3.63, 3.8) is 0 Å². The van der Waals surface area contributed by atoms with Crippen LogP contribution in [0.15, 0.2) is 48.8 Å². The number of hydrogen-bond donors (Lipinski definition) is 1. The van der Waals surface area contributed by atoms with Gasteiger partial charge in [0.2, 0.25) is 0 Å². The van der Waals surface area contributed by atoms with Crippen molar-refractivity contribution >= 4 is 22.5 Å². The summed E-state index contributed by atoms with van der Waals surface area (Å²) in [6.07, 6.45) is 1.44. The van der Waals surface area contributed by atoms with E-state index in [9.17, 15) is 5.11 Å². The first kappa shape index (κ1) is 14.8. The molecular formula is C17H15ClN2O2. The summed E-state index contributed by atoms with van der Waals surface area (Å²) < 4.78 is 5.15. The van der Waals surface area contributed by atoms with Crippen molar-refractivity contribution in [2.24, 2.45) is 0 Å². The Bertz CT molecular complexity index is 817. The van der Waals surface area contributed by atoms with Crippen molar-refractivity contribution in [3.8, 4) is 5.75 Å². The highest BCUT2D eigenvalue weighted by Crippen LogP contribution is 2.33. The molecule has 0 bridgehead atoms. The van der Waals surface area contributed by atoms with E-state index in [1.165, 1.54) is 6.33 Å². The SMILES string of the molecule is COc1ccc(C(C)(O)c2ncnc3cc(Cl)ccc23)cc1. The van der Waals surface area contributed by atoms with Gasteiger partial charge in [-0.25, -0.2) is 9.97 Å². The molecule has 0 saturated heterocycles. The van der Waals surface area contributed by atoms with Gasteiger partial charge in [-0.05, 0) is 42.8 Å². The summed E-state index contributed by atoms with van der Waals surface area (Å²) in [5.74, 6) is 0.735. The van der Waals surface area contributed by atoms with Crippen LogP contribution in [-0.4, -0.2) is 22.2 Å². The van der Waals surface area contributed by atoms with Gasteiger partial charge in [-0.15, -0.1) is 0 Å². The molecule has 0 saturated carbocycles. The van der Waals surface area contributed by atoms with E-state index in [-0.39, 0.29) is 0 Å². The van der Waals surface area contributed by atoms with Crippen LogP contribution in [0.5, 0.6) is 5.75 Å². The van der Waals surface area contributed by atoms with Gasteiger partial charge in [-0.2, -0.15) is 0 Å². The Kier molecular flexibility index (Phi) is 3.72. The van der Waals surface area contributed by atoms with Crippen LogP contribution in [-0.2, 0) is 5.60 Å². The maximum Gasteiger partial charge on any atom is 0.129 e. The fraction of sp³-hybridized carbons (Fsp3) is 0.176. The van der Waals surface area contributed by atoms with Crippen LogP contribution in [0.4, 0.5) is 0 Å². The third-order valence-corrected chi connectivity index (χ3v) is 3.95. The molecule has 0 aliphatic heterocycles. The van der Waals surface area contributed by atoms with E-state index < -0.39 is 5.60 Å². The van der Waals surface area contributed by atoms with Crippen molar-refractivity contribution in [2.75, 3.05) is 7.11 Å². The summed E-state index contributed by atoms with van der Waals surface area (Å²) in [4.78, 5) is 8.50. The highest BCUT2D eigenvalue weighted by molar-refractivity contribution is 6.31. The molecule has 1 unspecified atom stereocenters. The number of fused-ring (bicyclic) bond motifs is 1. The Morgan fingerprint density at radius 1 is 1.09 bits per heavy atom. The molecule has 0 aliphatic carbocycles. The summed E-state index contributed by atoms with van der Waals surface area (Å²) in [6, 6.07) is 12.6. The van der Waals surface area contributed by atoms with Crippen molar-refractivity contribution < 1.29 is 9.84 Å². The van der Waals surface area contributed by atoms with Gasteiger partial charge >= 0.3 is 0 Å². The molecule has 1 aromatic heterocycles. The molecule has 4 nitrogen and oxygen atoms in total. The first-order valence-electron chi connectivity index (χ1n) is 6.80. The fourth-order valence-electron chi connectivity index (χ4n) is 2.47. The van der Waals surface area contributed by atoms with Crippen LogP contribution in [0.1, 0.15) is 18.2 Å². The molecule has 0 aliphatic rings. The van der Waals surface area contributed by atoms with E-state index in [0.29, 0.717) is 16.2 Å². The molecule has 22 heavy (non-hydrogen) atoms. The molecular weight excluding hydrogens is 300 g/mol. The van der Waals surface area contributed by atoms with Crippen LogP contribution in [0, 0.1) is 0 Å². The van der Waals surface area contributed by atoms with Crippen molar-refractivity contribution in [1.82, 2.24) is 9.97 Å². The number of aromatic nitrogens is 2. The minimum atomic E-state index is -1.25. The lowest BCUT2D eigenvalue weighted by Gasteiger charge is -2.24. The number of rotatable bonds is 3. The maximum absolute atomic E-state index is 11.0. The second kappa shape index (κ2) is 5.55. The maximum atomic E-state index is 11.0. The molecule has 0 radical (unpaired) electrons. The van der Waals surface area contributed by atoms with Crippen molar-refractivity contribution in [1.29, 1.82) is 0 Å². The van der Waals surface area contributed by atoms with Gasteiger partial charge in [-0.3, -0.25) is 0 Å². The van der Waals surface area contributed by atoms with E-state index >= 15 is 0 Å². The molecule has 112 valence electrons. The van der Waals surface area contributed by atoms with Crippen LogP contribution >= 0.6 is 11.6 Å². The summed E-state index contributed by atoms with van der Waals surface area (Å²) >= 11 is 6.00. The Hall–Kier alpha value is -2.17. The average molecular weight is 315 g/mol. The lowest BCUT2D eigenvalue weighted by Crippen LogP contribution is -2.24. The number of methoxy groups -OCH3 is 1. The first-order valence-corrected chi connectivity index (χ1v) is 7.18. The Labute approximate surface area is 133 Å². The van der Waals surface area contributed by atoms with Gasteiger partial charge in [0.05, 0.1) is 18.3 Å². The molecule has 0 spiro atoms. The fourth-order valence-corrected chi connectivity index (χ4v) is 2.64. The molecule has 3 aromatic rings. The van der Waals surface area contributed by atoms with E-state index in [1.807, 2.05) is 30.3 Å². The van der Waals surface area contributed by atoms with Crippen LogP contribution in [0.2, 0.25) is 5.02 Å². The molecule has 0 fully saturated rings. The zero-order valence-corrected chi connectivity index (χ0v) is 13.0. The average Bonchev–Trinajstić information content (AvgIpc) is 2.54. The van der Waals surface area contributed by atoms with Gasteiger partial charge in [0.1, 0.15) is 17.7 Å². The Balaban J connectivity index is 2.15. The number of benzene rings is 2. The van der Waals surface area contributed by atoms with Crippen LogP contribution in [0.25, 0.3) is 10.9 Å². The summed E-state index contributed by atoms with van der Waals surface area (Å²) in [5.41, 5.74) is 0.718. The molecule has 3 rings (SSSR count). The Morgan fingerprint density at radius 2 is 1.82 bits per heavy atom. The molecule has 1 N–H and O–H groups in total. The Morgan fingerprint density at radius 3 is 2.50 bits per heavy atom. The molecule has 1 heterocycles. The standard InChI is InChI=1S/C17H15ClN2O2/c1-17(21,11-3-6-13(22-2)7-4-11)16-14-8-5-12(18)9-15(14)19-10-20-16/h3-10,21H,1-2H3. The second-order valence-electron chi connectivity index (χ2n) is 5.18. The monoisotopic (exact) mass is 314 g/mol. The van der Waals surface area contributed by atoms with Crippen LogP contribution in [0.3, 0.4) is 0 Å². The first-order chi connectivity index (χ1) is 10.5. The molecule has 1 atom stereocenters. The van der Waals surface area contributed by atoms with Gasteiger partial charge < -0.3 is 9.84 Å². The van der Waals surface area contributed by atoms with Crippen molar-refractivity contribution in [2.45, 2.75) is 12.5 Å². The van der Waals surface area contributed by atoms with E-state index in [1.54, 1.807) is 26.2 Å². The minimum Gasteiger partial charge on any atom is -0.497 e. The highest BCUT2D eigenvalue weighted by atomic mass is 35.5. The zero-order chi connectivity index (χ0) is 15.7.